The molecule has 1 aliphatic heterocycles. The summed E-state index contributed by atoms with van der Waals surface area (Å²) >= 11 is 0. The van der Waals surface area contributed by atoms with Gasteiger partial charge in [0.2, 0.25) is 0 Å². The summed E-state index contributed by atoms with van der Waals surface area (Å²) in [6, 6.07) is 15.8. The summed E-state index contributed by atoms with van der Waals surface area (Å²) < 4.78 is 30.0. The van der Waals surface area contributed by atoms with E-state index in [-0.39, 0.29) is 24.5 Å². The molecule has 7 heteroatoms. The van der Waals surface area contributed by atoms with E-state index in [1.165, 1.54) is 0 Å². The van der Waals surface area contributed by atoms with Crippen molar-refractivity contribution < 1.29 is 23.1 Å². The number of benzene rings is 2. The first kappa shape index (κ1) is 19.6. The minimum absolute atomic E-state index is 0.234. The SMILES string of the molecule is COc1ccc(C(NC(=O)c2ccccc2)P2(=O)OCC(C)(C)CO2)cc1. The van der Waals surface area contributed by atoms with Crippen LogP contribution in [0, 0.1) is 5.41 Å². The first-order chi connectivity index (χ1) is 12.8. The zero-order valence-electron chi connectivity index (χ0n) is 15.7. The zero-order chi connectivity index (χ0) is 19.5. The van der Waals surface area contributed by atoms with Gasteiger partial charge < -0.3 is 19.1 Å². The fourth-order valence-corrected chi connectivity index (χ4v) is 4.93. The van der Waals surface area contributed by atoms with Crippen molar-refractivity contribution in [1.82, 2.24) is 5.32 Å². The van der Waals surface area contributed by atoms with Crippen molar-refractivity contribution in [3.05, 3.63) is 65.7 Å². The van der Waals surface area contributed by atoms with E-state index in [0.717, 1.165) is 0 Å². The van der Waals surface area contributed by atoms with Crippen molar-refractivity contribution in [2.45, 2.75) is 19.6 Å². The second-order valence-corrected chi connectivity index (χ2v) is 9.38. The highest BCUT2D eigenvalue weighted by Gasteiger charge is 2.44. The lowest BCUT2D eigenvalue weighted by Crippen LogP contribution is -2.35. The fourth-order valence-electron chi connectivity index (χ4n) is 2.69. The number of hydrogen-bond donors (Lipinski definition) is 1. The van der Waals surface area contributed by atoms with Gasteiger partial charge in [-0.05, 0) is 29.8 Å². The summed E-state index contributed by atoms with van der Waals surface area (Å²) in [5.41, 5.74) is 0.866. The van der Waals surface area contributed by atoms with Gasteiger partial charge in [0.15, 0.2) is 5.78 Å². The van der Waals surface area contributed by atoms with Crippen LogP contribution >= 0.6 is 7.60 Å². The molecule has 0 aromatic heterocycles. The van der Waals surface area contributed by atoms with Crippen LogP contribution in [-0.4, -0.2) is 26.2 Å². The molecule has 1 unspecified atom stereocenters. The van der Waals surface area contributed by atoms with E-state index >= 15 is 0 Å². The Hall–Kier alpha value is -2.14. The van der Waals surface area contributed by atoms with Gasteiger partial charge in [-0.25, -0.2) is 0 Å². The van der Waals surface area contributed by atoms with E-state index in [1.807, 2.05) is 19.9 Å². The molecule has 3 rings (SSSR count). The highest BCUT2D eigenvalue weighted by molar-refractivity contribution is 7.54. The first-order valence-electron chi connectivity index (χ1n) is 8.72. The second-order valence-electron chi connectivity index (χ2n) is 7.27. The van der Waals surface area contributed by atoms with Gasteiger partial charge in [-0.2, -0.15) is 0 Å². The van der Waals surface area contributed by atoms with Crippen molar-refractivity contribution in [3.63, 3.8) is 0 Å². The Morgan fingerprint density at radius 1 is 1.07 bits per heavy atom. The molecule has 2 aromatic carbocycles. The Morgan fingerprint density at radius 3 is 2.22 bits per heavy atom. The molecular weight excluding hydrogens is 365 g/mol. The van der Waals surface area contributed by atoms with Crippen molar-refractivity contribution in [2.24, 2.45) is 5.41 Å². The average molecular weight is 389 g/mol. The molecule has 0 spiro atoms. The maximum Gasteiger partial charge on any atom is 0.357 e. The summed E-state index contributed by atoms with van der Waals surface area (Å²) in [5, 5.41) is 2.83. The maximum atomic E-state index is 13.5. The predicted octanol–water partition coefficient (Wildman–Crippen LogP) is 4.39. The molecule has 1 N–H and O–H groups in total. The van der Waals surface area contributed by atoms with E-state index in [4.69, 9.17) is 13.8 Å². The molecule has 1 saturated heterocycles. The third-order valence-electron chi connectivity index (χ3n) is 4.32. The monoisotopic (exact) mass is 389 g/mol. The minimum Gasteiger partial charge on any atom is -0.497 e. The fraction of sp³-hybridized carbons (Fsp3) is 0.350. The van der Waals surface area contributed by atoms with Crippen LogP contribution < -0.4 is 10.1 Å². The van der Waals surface area contributed by atoms with Crippen molar-refractivity contribution >= 4 is 13.5 Å². The number of methoxy groups -OCH3 is 1. The van der Waals surface area contributed by atoms with Gasteiger partial charge in [0, 0.05) is 11.0 Å². The van der Waals surface area contributed by atoms with E-state index in [0.29, 0.717) is 16.9 Å². The lowest BCUT2D eigenvalue weighted by molar-refractivity contribution is 0.0361. The molecule has 1 amide bonds. The molecule has 0 aliphatic carbocycles. The van der Waals surface area contributed by atoms with Crippen molar-refractivity contribution in [3.8, 4) is 5.75 Å². The van der Waals surface area contributed by atoms with Crippen LogP contribution in [0.3, 0.4) is 0 Å². The van der Waals surface area contributed by atoms with Crippen molar-refractivity contribution in [1.29, 1.82) is 0 Å². The second kappa shape index (κ2) is 7.85. The lowest BCUT2D eigenvalue weighted by atomic mass is 9.97. The lowest BCUT2D eigenvalue weighted by Gasteiger charge is -2.37. The van der Waals surface area contributed by atoms with E-state index in [9.17, 15) is 9.36 Å². The molecule has 0 bridgehead atoms. The van der Waals surface area contributed by atoms with Gasteiger partial charge in [0.25, 0.3) is 5.91 Å². The molecule has 27 heavy (non-hydrogen) atoms. The summed E-state index contributed by atoms with van der Waals surface area (Å²) in [7, 11) is -2.03. The normalized spacial score (nSPS) is 19.1. The summed E-state index contributed by atoms with van der Waals surface area (Å²) in [5.74, 6) is -0.590. The highest BCUT2D eigenvalue weighted by Crippen LogP contribution is 2.63. The smallest absolute Gasteiger partial charge is 0.357 e. The summed E-state index contributed by atoms with van der Waals surface area (Å²) in [6.45, 7) is 4.53. The Morgan fingerprint density at radius 2 is 1.67 bits per heavy atom. The number of amides is 1. The molecular formula is C20H24NO5P. The highest BCUT2D eigenvalue weighted by atomic mass is 31.2. The van der Waals surface area contributed by atoms with Crippen LogP contribution in [0.4, 0.5) is 0 Å². The topological polar surface area (TPSA) is 73.9 Å². The van der Waals surface area contributed by atoms with Gasteiger partial charge in [0.05, 0.1) is 20.3 Å². The quantitative estimate of drug-likeness (QED) is 0.768. The number of nitrogens with one attached hydrogen (secondary N) is 1. The molecule has 1 heterocycles. The van der Waals surface area contributed by atoms with E-state index in [2.05, 4.69) is 5.32 Å². The van der Waals surface area contributed by atoms with Crippen molar-refractivity contribution in [2.75, 3.05) is 20.3 Å². The third-order valence-corrected chi connectivity index (χ3v) is 6.36. The molecule has 6 nitrogen and oxygen atoms in total. The molecule has 144 valence electrons. The molecule has 1 atom stereocenters. The van der Waals surface area contributed by atoms with Gasteiger partial charge in [-0.3, -0.25) is 9.36 Å². The Bertz CT molecular complexity index is 821. The Labute approximate surface area is 159 Å². The summed E-state index contributed by atoms with van der Waals surface area (Å²) in [6.07, 6.45) is 0. The Balaban J connectivity index is 1.91. The molecule has 1 fully saturated rings. The minimum atomic E-state index is -3.60. The van der Waals surface area contributed by atoms with Gasteiger partial charge >= 0.3 is 7.60 Å². The van der Waals surface area contributed by atoms with Gasteiger partial charge in [-0.1, -0.05) is 44.2 Å². The van der Waals surface area contributed by atoms with Crippen LogP contribution in [-0.2, 0) is 13.6 Å². The number of rotatable bonds is 5. The van der Waals surface area contributed by atoms with Gasteiger partial charge in [-0.15, -0.1) is 0 Å². The number of carbonyl (C=O) groups excluding carboxylic acids is 1. The van der Waals surface area contributed by atoms with Gasteiger partial charge in [0.1, 0.15) is 5.75 Å². The van der Waals surface area contributed by atoms with Crippen LogP contribution in [0.25, 0.3) is 0 Å². The average Bonchev–Trinajstić information content (AvgIpc) is 2.69. The molecule has 0 radical (unpaired) electrons. The summed E-state index contributed by atoms with van der Waals surface area (Å²) in [4.78, 5) is 12.7. The number of carbonyl (C=O) groups is 1. The van der Waals surface area contributed by atoms with Crippen LogP contribution in [0.5, 0.6) is 5.75 Å². The zero-order valence-corrected chi connectivity index (χ0v) is 16.6. The molecule has 1 aliphatic rings. The predicted molar refractivity (Wildman–Crippen MR) is 103 cm³/mol. The largest absolute Gasteiger partial charge is 0.497 e. The van der Waals surface area contributed by atoms with Crippen LogP contribution in [0.1, 0.15) is 35.6 Å². The number of ether oxygens (including phenoxy) is 1. The van der Waals surface area contributed by atoms with Crippen LogP contribution in [0.2, 0.25) is 0 Å². The molecule has 2 aromatic rings. The first-order valence-corrected chi connectivity index (χ1v) is 10.3. The van der Waals surface area contributed by atoms with E-state index < -0.39 is 13.4 Å². The molecule has 0 saturated carbocycles. The van der Waals surface area contributed by atoms with Crippen LogP contribution in [0.15, 0.2) is 54.6 Å². The third kappa shape index (κ3) is 4.59. The standard InChI is InChI=1S/C20H24NO5P/c1-20(2)13-25-27(23,26-14-20)19(16-9-11-17(24-3)12-10-16)21-18(22)15-7-5-4-6-8-15/h4-12,19H,13-14H2,1-3H3,(H,21,22). The van der Waals surface area contributed by atoms with E-state index in [1.54, 1.807) is 55.6 Å². The number of hydrogen-bond acceptors (Lipinski definition) is 5. The maximum absolute atomic E-state index is 13.5. The Kier molecular flexibility index (Phi) is 5.70.